The highest BCUT2D eigenvalue weighted by molar-refractivity contribution is 7.03. The number of hydrogen-bond acceptors (Lipinski definition) is 6. The molecule has 148 valence electrons. The number of likely N-dealkylation sites (tertiary alicyclic amines) is 1. The van der Waals surface area contributed by atoms with Crippen molar-refractivity contribution in [2.75, 3.05) is 32.7 Å². The second kappa shape index (κ2) is 8.36. The van der Waals surface area contributed by atoms with Crippen LogP contribution >= 0.6 is 11.5 Å². The fourth-order valence-corrected chi connectivity index (χ4v) is 4.87. The van der Waals surface area contributed by atoms with Gasteiger partial charge in [-0.3, -0.25) is 14.5 Å². The zero-order valence-corrected chi connectivity index (χ0v) is 16.8. The van der Waals surface area contributed by atoms with E-state index in [1.54, 1.807) is 0 Å². The molecule has 28 heavy (non-hydrogen) atoms. The molecule has 0 bridgehead atoms. The first kappa shape index (κ1) is 19.0. The van der Waals surface area contributed by atoms with Crippen molar-refractivity contribution in [1.29, 1.82) is 0 Å². The third-order valence-corrected chi connectivity index (χ3v) is 6.35. The summed E-state index contributed by atoms with van der Waals surface area (Å²) in [6.45, 7) is 4.89. The van der Waals surface area contributed by atoms with Crippen molar-refractivity contribution >= 4 is 23.3 Å². The van der Waals surface area contributed by atoms with Gasteiger partial charge >= 0.3 is 0 Å². The number of carbonyl (C=O) groups excluding carboxylic acids is 2. The highest BCUT2D eigenvalue weighted by Gasteiger charge is 2.39. The molecule has 0 aliphatic carbocycles. The van der Waals surface area contributed by atoms with Gasteiger partial charge in [-0.2, -0.15) is 0 Å². The minimum atomic E-state index is -0.219. The van der Waals surface area contributed by atoms with Crippen LogP contribution < -0.4 is 5.32 Å². The summed E-state index contributed by atoms with van der Waals surface area (Å²) in [4.78, 5) is 29.1. The lowest BCUT2D eigenvalue weighted by molar-refractivity contribution is -0.136. The highest BCUT2D eigenvalue weighted by Crippen LogP contribution is 2.39. The molecule has 2 saturated heterocycles. The molecule has 2 fully saturated rings. The van der Waals surface area contributed by atoms with E-state index in [1.165, 1.54) is 17.1 Å². The van der Waals surface area contributed by atoms with Crippen molar-refractivity contribution in [3.05, 3.63) is 47.0 Å². The van der Waals surface area contributed by atoms with E-state index in [1.807, 2.05) is 40.3 Å². The Morgan fingerprint density at radius 1 is 1.25 bits per heavy atom. The fraction of sp³-hybridized carbons (Fsp3) is 0.500. The van der Waals surface area contributed by atoms with Crippen molar-refractivity contribution in [2.45, 2.75) is 31.2 Å². The van der Waals surface area contributed by atoms with E-state index in [9.17, 15) is 9.59 Å². The molecule has 4 rings (SSSR count). The topological polar surface area (TPSA) is 78.4 Å². The summed E-state index contributed by atoms with van der Waals surface area (Å²) in [5.41, 5.74) is 2.18. The molecular weight excluding hydrogens is 374 g/mol. The Morgan fingerprint density at radius 2 is 2.04 bits per heavy atom. The van der Waals surface area contributed by atoms with Crippen LogP contribution in [0.5, 0.6) is 0 Å². The Morgan fingerprint density at radius 3 is 2.75 bits per heavy atom. The number of rotatable bonds is 5. The molecule has 2 aromatic rings. The molecule has 0 radical (unpaired) electrons. The van der Waals surface area contributed by atoms with Crippen LogP contribution in [0.2, 0.25) is 0 Å². The number of benzene rings is 1. The summed E-state index contributed by atoms with van der Waals surface area (Å²) in [6, 6.07) is 10.1. The predicted molar refractivity (Wildman–Crippen MR) is 107 cm³/mol. The van der Waals surface area contributed by atoms with Gasteiger partial charge in [0, 0.05) is 43.4 Å². The number of hydrogen-bond donors (Lipinski definition) is 1. The van der Waals surface area contributed by atoms with E-state index in [-0.39, 0.29) is 36.2 Å². The van der Waals surface area contributed by atoms with Gasteiger partial charge in [-0.05, 0) is 23.5 Å². The molecule has 8 heteroatoms. The summed E-state index contributed by atoms with van der Waals surface area (Å²) >= 11 is 1.35. The van der Waals surface area contributed by atoms with E-state index in [4.69, 9.17) is 0 Å². The first-order valence-electron chi connectivity index (χ1n) is 9.78. The van der Waals surface area contributed by atoms with E-state index in [0.29, 0.717) is 32.6 Å². The van der Waals surface area contributed by atoms with Gasteiger partial charge in [-0.25, -0.2) is 0 Å². The van der Waals surface area contributed by atoms with Crippen LogP contribution in [-0.2, 0) is 9.59 Å². The highest BCUT2D eigenvalue weighted by atomic mass is 32.1. The quantitative estimate of drug-likeness (QED) is 0.824. The number of nitrogens with one attached hydrogen (secondary N) is 1. The Hall–Kier alpha value is -2.32. The van der Waals surface area contributed by atoms with E-state index < -0.39 is 0 Å². The Balaban J connectivity index is 1.50. The molecule has 1 N–H and O–H groups in total. The van der Waals surface area contributed by atoms with Crippen LogP contribution in [0.25, 0.3) is 0 Å². The fourth-order valence-electron chi connectivity index (χ4n) is 4.35. The van der Waals surface area contributed by atoms with Crippen LogP contribution in [0.1, 0.15) is 36.4 Å². The second-order valence-electron chi connectivity index (χ2n) is 7.44. The number of aromatic nitrogens is 2. The molecule has 1 aromatic carbocycles. The lowest BCUT2D eigenvalue weighted by atomic mass is 9.87. The summed E-state index contributed by atoms with van der Waals surface area (Å²) in [5.74, 6) is 0.466. The molecule has 0 spiro atoms. The van der Waals surface area contributed by atoms with Crippen LogP contribution in [0.15, 0.2) is 35.7 Å². The van der Waals surface area contributed by atoms with Crippen molar-refractivity contribution in [2.24, 2.45) is 0 Å². The number of amides is 2. The largest absolute Gasteiger partial charge is 0.353 e. The monoisotopic (exact) mass is 399 g/mol. The maximum atomic E-state index is 13.1. The molecule has 2 aliphatic heterocycles. The van der Waals surface area contributed by atoms with Crippen molar-refractivity contribution in [3.63, 3.8) is 0 Å². The normalized spacial score (nSPS) is 25.7. The van der Waals surface area contributed by atoms with Gasteiger partial charge in [-0.15, -0.1) is 5.10 Å². The van der Waals surface area contributed by atoms with Gasteiger partial charge in [0.15, 0.2) is 0 Å². The Bertz CT molecular complexity index is 813. The maximum Gasteiger partial charge on any atom is 0.237 e. The van der Waals surface area contributed by atoms with Gasteiger partial charge < -0.3 is 10.2 Å². The average Bonchev–Trinajstić information content (AvgIpc) is 3.38. The molecular formula is C20H25N5O2S. The smallest absolute Gasteiger partial charge is 0.237 e. The van der Waals surface area contributed by atoms with Crippen LogP contribution in [0.4, 0.5) is 0 Å². The van der Waals surface area contributed by atoms with Gasteiger partial charge in [0.1, 0.15) is 0 Å². The number of carbonyl (C=O) groups is 2. The second-order valence-corrected chi connectivity index (χ2v) is 8.05. The molecule has 1 aromatic heterocycles. The number of piperazine rings is 1. The first-order chi connectivity index (χ1) is 13.7. The van der Waals surface area contributed by atoms with Crippen molar-refractivity contribution in [1.82, 2.24) is 24.7 Å². The third kappa shape index (κ3) is 3.79. The Kier molecular flexibility index (Phi) is 5.68. The summed E-state index contributed by atoms with van der Waals surface area (Å²) in [6.07, 6.45) is 0.707. The minimum Gasteiger partial charge on any atom is -0.353 e. The van der Waals surface area contributed by atoms with E-state index in [2.05, 4.69) is 27.0 Å². The molecule has 2 amide bonds. The minimum absolute atomic E-state index is 0.0246. The maximum absolute atomic E-state index is 13.1. The van der Waals surface area contributed by atoms with Crippen LogP contribution in [-0.4, -0.2) is 70.0 Å². The van der Waals surface area contributed by atoms with Crippen LogP contribution in [0.3, 0.4) is 0 Å². The molecule has 0 saturated carbocycles. The summed E-state index contributed by atoms with van der Waals surface area (Å²) < 4.78 is 4.02. The lowest BCUT2D eigenvalue weighted by Gasteiger charge is -2.34. The molecule has 7 nitrogen and oxygen atoms in total. The van der Waals surface area contributed by atoms with Crippen molar-refractivity contribution < 1.29 is 9.59 Å². The zero-order chi connectivity index (χ0) is 19.5. The van der Waals surface area contributed by atoms with Gasteiger partial charge in [0.05, 0.1) is 18.3 Å². The van der Waals surface area contributed by atoms with Gasteiger partial charge in [0.2, 0.25) is 11.8 Å². The number of nitrogens with zero attached hydrogens (tertiary/aromatic N) is 4. The molecule has 3 atom stereocenters. The predicted octanol–water partition coefficient (Wildman–Crippen LogP) is 1.46. The van der Waals surface area contributed by atoms with E-state index in [0.717, 1.165) is 5.69 Å². The van der Waals surface area contributed by atoms with Gasteiger partial charge in [-0.1, -0.05) is 41.7 Å². The summed E-state index contributed by atoms with van der Waals surface area (Å²) in [7, 11) is 0. The van der Waals surface area contributed by atoms with Gasteiger partial charge in [0.25, 0.3) is 0 Å². The standard InChI is InChI=1S/C20H25N5O2S/c1-2-18-20(27)21-8-9-24(18)12-19(26)25-10-15(14-6-4-3-5-7-14)16(11-25)17-13-28-23-22-17/h3-7,13,15-16,18H,2,8-12H2,1H3,(H,21,27)/t15-,16+,18+/m0/s1. The van der Waals surface area contributed by atoms with Crippen molar-refractivity contribution in [3.8, 4) is 0 Å². The lowest BCUT2D eigenvalue weighted by Crippen LogP contribution is -2.57. The summed E-state index contributed by atoms with van der Waals surface area (Å²) in [5, 5.41) is 9.16. The third-order valence-electron chi connectivity index (χ3n) is 5.82. The first-order valence-corrected chi connectivity index (χ1v) is 10.6. The van der Waals surface area contributed by atoms with Crippen LogP contribution in [0, 0.1) is 0 Å². The SMILES string of the molecule is CC[C@@H]1C(=O)NCCN1CC(=O)N1C[C@@H](c2ccccc2)[C@H](c2csnn2)C1. The Labute approximate surface area is 168 Å². The average molecular weight is 400 g/mol. The molecule has 0 unspecified atom stereocenters. The van der Waals surface area contributed by atoms with E-state index >= 15 is 0 Å². The zero-order valence-electron chi connectivity index (χ0n) is 16.0. The molecule has 2 aliphatic rings. The molecule has 3 heterocycles.